The predicted molar refractivity (Wildman–Crippen MR) is 111 cm³/mol. The second kappa shape index (κ2) is 10.6. The molecule has 0 bridgehead atoms. The van der Waals surface area contributed by atoms with Crippen molar-refractivity contribution in [2.75, 3.05) is 21.1 Å². The molecule has 0 aliphatic heterocycles. The normalized spacial score (nSPS) is 11.2. The topological polar surface area (TPSA) is 39.7 Å². The molecule has 1 aromatic heterocycles. The quantitative estimate of drug-likeness (QED) is 0.408. The summed E-state index contributed by atoms with van der Waals surface area (Å²) in [6.07, 6.45) is 0. The molecule has 2 aromatic rings. The van der Waals surface area contributed by atoms with Gasteiger partial charge in [-0.3, -0.25) is 4.99 Å². The molecule has 0 unspecified atom stereocenters. The molecular formula is C17H25IN4S. The number of rotatable bonds is 6. The Morgan fingerprint density at radius 3 is 2.26 bits per heavy atom. The summed E-state index contributed by atoms with van der Waals surface area (Å²) in [6, 6.07) is 12.9. The Labute approximate surface area is 160 Å². The average Bonchev–Trinajstić information content (AvgIpc) is 3.02. The van der Waals surface area contributed by atoms with Gasteiger partial charge in [-0.1, -0.05) is 30.3 Å². The highest BCUT2D eigenvalue weighted by Crippen LogP contribution is 2.08. The molecular weight excluding hydrogens is 419 g/mol. The summed E-state index contributed by atoms with van der Waals surface area (Å²) in [5.74, 6) is 0.825. The van der Waals surface area contributed by atoms with Crippen LogP contribution in [0.4, 0.5) is 0 Å². The van der Waals surface area contributed by atoms with Gasteiger partial charge in [-0.05, 0) is 36.7 Å². The van der Waals surface area contributed by atoms with Crippen molar-refractivity contribution in [3.63, 3.8) is 0 Å². The van der Waals surface area contributed by atoms with Gasteiger partial charge >= 0.3 is 0 Å². The van der Waals surface area contributed by atoms with Crippen molar-refractivity contribution in [3.8, 4) is 0 Å². The van der Waals surface area contributed by atoms with E-state index < -0.39 is 0 Å². The summed E-state index contributed by atoms with van der Waals surface area (Å²) in [4.78, 5) is 7.72. The number of guanidine groups is 1. The SMILES string of the molecule is CN=C(NCc1ccc(CN(C)C)cc1)NCc1cccs1.I. The zero-order valence-electron chi connectivity index (χ0n) is 13.9. The Bertz CT molecular complexity index is 579. The maximum absolute atomic E-state index is 4.25. The maximum Gasteiger partial charge on any atom is 0.191 e. The summed E-state index contributed by atoms with van der Waals surface area (Å²) in [6.45, 7) is 2.54. The van der Waals surface area contributed by atoms with Gasteiger partial charge in [-0.2, -0.15) is 0 Å². The molecule has 1 heterocycles. The summed E-state index contributed by atoms with van der Waals surface area (Å²) >= 11 is 1.75. The minimum absolute atomic E-state index is 0. The van der Waals surface area contributed by atoms with Crippen LogP contribution < -0.4 is 10.6 Å². The molecule has 0 atom stereocenters. The molecule has 0 aliphatic rings. The lowest BCUT2D eigenvalue weighted by Gasteiger charge is -2.12. The molecule has 0 saturated carbocycles. The molecule has 4 nitrogen and oxygen atoms in total. The monoisotopic (exact) mass is 444 g/mol. The average molecular weight is 444 g/mol. The molecule has 2 rings (SSSR count). The van der Waals surface area contributed by atoms with Crippen molar-refractivity contribution in [3.05, 3.63) is 57.8 Å². The predicted octanol–water partition coefficient (Wildman–Crippen LogP) is 3.29. The number of nitrogens with zero attached hydrogens (tertiary/aromatic N) is 2. The lowest BCUT2D eigenvalue weighted by atomic mass is 10.1. The third kappa shape index (κ3) is 7.32. The van der Waals surface area contributed by atoms with Gasteiger partial charge in [-0.15, -0.1) is 35.3 Å². The van der Waals surface area contributed by atoms with Crippen LogP contribution in [0, 0.1) is 0 Å². The van der Waals surface area contributed by atoms with Crippen molar-refractivity contribution in [2.24, 2.45) is 4.99 Å². The third-order valence-electron chi connectivity index (χ3n) is 3.22. The number of halogens is 1. The second-order valence-corrected chi connectivity index (χ2v) is 6.45. The zero-order valence-corrected chi connectivity index (χ0v) is 17.0. The van der Waals surface area contributed by atoms with Gasteiger partial charge in [0.25, 0.3) is 0 Å². The largest absolute Gasteiger partial charge is 0.352 e. The van der Waals surface area contributed by atoms with Crippen LogP contribution in [0.3, 0.4) is 0 Å². The first-order chi connectivity index (χ1) is 10.7. The standard InChI is InChI=1S/C17H24N4S.HI/c1-18-17(20-12-16-5-4-10-22-16)19-11-14-6-8-15(9-7-14)13-21(2)3;/h4-10H,11-13H2,1-3H3,(H2,18,19,20);1H. The zero-order chi connectivity index (χ0) is 15.8. The Kier molecular flexibility index (Phi) is 9.20. The lowest BCUT2D eigenvalue weighted by molar-refractivity contribution is 0.402. The smallest absolute Gasteiger partial charge is 0.191 e. The molecule has 0 saturated heterocycles. The highest BCUT2D eigenvalue weighted by atomic mass is 127. The van der Waals surface area contributed by atoms with Crippen molar-refractivity contribution in [1.82, 2.24) is 15.5 Å². The molecule has 2 N–H and O–H groups in total. The number of benzene rings is 1. The number of aliphatic imine (C=N–C) groups is 1. The Morgan fingerprint density at radius 2 is 1.70 bits per heavy atom. The van der Waals surface area contributed by atoms with Crippen molar-refractivity contribution < 1.29 is 0 Å². The van der Waals surface area contributed by atoms with Crippen molar-refractivity contribution >= 4 is 41.3 Å². The van der Waals surface area contributed by atoms with E-state index in [9.17, 15) is 0 Å². The van der Waals surface area contributed by atoms with Crippen LogP contribution in [0.15, 0.2) is 46.8 Å². The minimum Gasteiger partial charge on any atom is -0.352 e. The summed E-state index contributed by atoms with van der Waals surface area (Å²) in [5.41, 5.74) is 2.58. The fraction of sp³-hybridized carbons (Fsp3) is 0.353. The molecule has 0 aliphatic carbocycles. The van der Waals surface area contributed by atoms with Crippen LogP contribution in [0.1, 0.15) is 16.0 Å². The maximum atomic E-state index is 4.25. The first-order valence-corrected chi connectivity index (χ1v) is 8.25. The summed E-state index contributed by atoms with van der Waals surface area (Å²) < 4.78 is 0. The fourth-order valence-corrected chi connectivity index (χ4v) is 2.76. The van der Waals surface area contributed by atoms with Gasteiger partial charge < -0.3 is 15.5 Å². The van der Waals surface area contributed by atoms with Gasteiger partial charge in [-0.25, -0.2) is 0 Å². The number of thiophene rings is 1. The van der Waals surface area contributed by atoms with Crippen LogP contribution in [-0.2, 0) is 19.6 Å². The lowest BCUT2D eigenvalue weighted by Crippen LogP contribution is -2.36. The van der Waals surface area contributed by atoms with Gasteiger partial charge in [0.1, 0.15) is 0 Å². The van der Waals surface area contributed by atoms with E-state index in [0.717, 1.165) is 25.6 Å². The molecule has 126 valence electrons. The number of nitrogens with one attached hydrogen (secondary N) is 2. The van der Waals surface area contributed by atoms with E-state index in [-0.39, 0.29) is 24.0 Å². The van der Waals surface area contributed by atoms with Crippen molar-refractivity contribution in [1.29, 1.82) is 0 Å². The van der Waals surface area contributed by atoms with Crippen LogP contribution in [0.25, 0.3) is 0 Å². The van der Waals surface area contributed by atoms with Gasteiger partial charge in [0.05, 0.1) is 6.54 Å². The van der Waals surface area contributed by atoms with E-state index in [1.54, 1.807) is 18.4 Å². The van der Waals surface area contributed by atoms with E-state index >= 15 is 0 Å². The second-order valence-electron chi connectivity index (χ2n) is 5.41. The summed E-state index contributed by atoms with van der Waals surface area (Å²) in [5, 5.41) is 8.75. The van der Waals surface area contributed by atoms with E-state index in [1.807, 2.05) is 0 Å². The molecule has 0 amide bonds. The van der Waals surface area contributed by atoms with E-state index in [1.165, 1.54) is 16.0 Å². The van der Waals surface area contributed by atoms with Crippen LogP contribution in [-0.4, -0.2) is 32.0 Å². The highest BCUT2D eigenvalue weighted by molar-refractivity contribution is 14.0. The van der Waals surface area contributed by atoms with Crippen LogP contribution in [0.5, 0.6) is 0 Å². The van der Waals surface area contributed by atoms with Crippen molar-refractivity contribution in [2.45, 2.75) is 19.6 Å². The molecule has 6 heteroatoms. The molecule has 1 aromatic carbocycles. The highest BCUT2D eigenvalue weighted by Gasteiger charge is 2.00. The van der Waals surface area contributed by atoms with Crippen LogP contribution >= 0.6 is 35.3 Å². The Hall–Kier alpha value is -1.12. The molecule has 0 spiro atoms. The van der Waals surface area contributed by atoms with E-state index in [4.69, 9.17) is 0 Å². The number of hydrogen-bond donors (Lipinski definition) is 2. The van der Waals surface area contributed by atoms with E-state index in [0.29, 0.717) is 0 Å². The number of hydrogen-bond acceptors (Lipinski definition) is 3. The third-order valence-corrected chi connectivity index (χ3v) is 4.09. The van der Waals surface area contributed by atoms with Crippen LogP contribution in [0.2, 0.25) is 0 Å². The summed E-state index contributed by atoms with van der Waals surface area (Å²) in [7, 11) is 5.96. The van der Waals surface area contributed by atoms with E-state index in [2.05, 4.69) is 76.4 Å². The first kappa shape index (κ1) is 19.9. The minimum atomic E-state index is 0. The fourth-order valence-electron chi connectivity index (χ4n) is 2.12. The van der Waals surface area contributed by atoms with Gasteiger partial charge in [0.15, 0.2) is 5.96 Å². The Balaban J connectivity index is 0.00000264. The molecule has 0 fully saturated rings. The van der Waals surface area contributed by atoms with Gasteiger partial charge in [0.2, 0.25) is 0 Å². The first-order valence-electron chi connectivity index (χ1n) is 7.37. The Morgan fingerprint density at radius 1 is 1.04 bits per heavy atom. The molecule has 23 heavy (non-hydrogen) atoms. The molecule has 0 radical (unpaired) electrons. The van der Waals surface area contributed by atoms with Gasteiger partial charge in [0, 0.05) is 25.0 Å².